The van der Waals surface area contributed by atoms with Gasteiger partial charge in [0.1, 0.15) is 0 Å². The predicted molar refractivity (Wildman–Crippen MR) is 52.2 cm³/mol. The first-order chi connectivity index (χ1) is 6.75. The molecule has 84 valence electrons. The first kappa shape index (κ1) is 12.1. The zero-order valence-electron chi connectivity index (χ0n) is 8.29. The van der Waals surface area contributed by atoms with Gasteiger partial charge in [0, 0.05) is 5.56 Å². The highest BCUT2D eigenvalue weighted by molar-refractivity contribution is 7.89. The van der Waals surface area contributed by atoms with Gasteiger partial charge in [-0.2, -0.15) is 0 Å². The molecule has 0 amide bonds. The maximum Gasteiger partial charge on any atom is 0.264 e. The molecule has 0 bridgehead atoms. The Balaban J connectivity index is 3.59. The Morgan fingerprint density at radius 2 is 1.80 bits per heavy atom. The van der Waals surface area contributed by atoms with Crippen LogP contribution in [-0.4, -0.2) is 8.42 Å². The van der Waals surface area contributed by atoms with Gasteiger partial charge in [-0.15, -0.1) is 0 Å². The van der Waals surface area contributed by atoms with Gasteiger partial charge in [0.2, 0.25) is 10.0 Å². The normalized spacial score (nSPS) is 12.1. The van der Waals surface area contributed by atoms with Crippen molar-refractivity contribution in [3.05, 3.63) is 28.8 Å². The molecule has 0 saturated heterocycles. The van der Waals surface area contributed by atoms with E-state index >= 15 is 0 Å². The molecule has 3 nitrogen and oxygen atoms in total. The summed E-state index contributed by atoms with van der Waals surface area (Å²) in [6.07, 6.45) is -2.70. The summed E-state index contributed by atoms with van der Waals surface area (Å²) in [5.74, 6) is 0. The maximum atomic E-state index is 12.5. The third kappa shape index (κ3) is 2.32. The van der Waals surface area contributed by atoms with Crippen molar-refractivity contribution in [2.24, 2.45) is 5.14 Å². The van der Waals surface area contributed by atoms with Crippen LogP contribution in [0.5, 0.6) is 0 Å². The molecular weight excluding hydrogens is 224 g/mol. The van der Waals surface area contributed by atoms with Crippen molar-refractivity contribution in [1.82, 2.24) is 0 Å². The molecule has 0 unspecified atom stereocenters. The summed E-state index contributed by atoms with van der Waals surface area (Å²) < 4.78 is 47.3. The lowest BCUT2D eigenvalue weighted by atomic mass is 10.1. The van der Waals surface area contributed by atoms with Crippen molar-refractivity contribution in [1.29, 1.82) is 0 Å². The highest BCUT2D eigenvalue weighted by atomic mass is 32.2. The molecule has 0 spiro atoms. The molecule has 0 fully saturated rings. The van der Waals surface area contributed by atoms with Gasteiger partial charge in [-0.1, -0.05) is 12.1 Å². The van der Waals surface area contributed by atoms with Crippen LogP contribution >= 0.6 is 0 Å². The van der Waals surface area contributed by atoms with Crippen LogP contribution in [0.25, 0.3) is 0 Å². The van der Waals surface area contributed by atoms with Gasteiger partial charge >= 0.3 is 0 Å². The Labute approximate surface area is 87.0 Å². The van der Waals surface area contributed by atoms with Gasteiger partial charge in [-0.3, -0.25) is 0 Å². The molecule has 0 aliphatic rings. The lowest BCUT2D eigenvalue weighted by molar-refractivity contribution is 0.150. The van der Waals surface area contributed by atoms with Crippen LogP contribution in [0.2, 0.25) is 0 Å². The molecule has 1 rings (SSSR count). The zero-order chi connectivity index (χ0) is 11.8. The SMILES string of the molecule is Cc1ccc(C(F)F)c(C)c1S(N)(=O)=O. The van der Waals surface area contributed by atoms with E-state index in [1.54, 1.807) is 0 Å². The van der Waals surface area contributed by atoms with Crippen molar-refractivity contribution in [3.8, 4) is 0 Å². The summed E-state index contributed by atoms with van der Waals surface area (Å²) in [5.41, 5.74) is 0.0940. The molecule has 1 aromatic rings. The first-order valence-electron chi connectivity index (χ1n) is 4.16. The molecular formula is C9H11F2NO2S. The molecule has 1 aromatic carbocycles. The number of benzene rings is 1. The molecule has 0 atom stereocenters. The molecule has 0 aliphatic heterocycles. The van der Waals surface area contributed by atoms with Crippen molar-refractivity contribution in [2.45, 2.75) is 25.2 Å². The van der Waals surface area contributed by atoms with Crippen molar-refractivity contribution >= 4 is 10.0 Å². The number of hydrogen-bond acceptors (Lipinski definition) is 2. The summed E-state index contributed by atoms with van der Waals surface area (Å²) in [6, 6.07) is 2.54. The molecule has 0 heterocycles. The Morgan fingerprint density at radius 3 is 2.20 bits per heavy atom. The molecule has 0 aromatic heterocycles. The average Bonchev–Trinajstić information content (AvgIpc) is 2.00. The number of halogens is 2. The minimum Gasteiger partial charge on any atom is -0.225 e. The monoisotopic (exact) mass is 235 g/mol. The maximum absolute atomic E-state index is 12.5. The van der Waals surface area contributed by atoms with Crippen LogP contribution < -0.4 is 5.14 Å². The standard InChI is InChI=1S/C9H11F2NO2S/c1-5-3-4-7(9(10)11)6(2)8(5)15(12,13)14/h3-4,9H,1-2H3,(H2,12,13,14). The molecule has 6 heteroatoms. The Morgan fingerprint density at radius 1 is 1.27 bits per heavy atom. The van der Waals surface area contributed by atoms with E-state index in [0.29, 0.717) is 5.56 Å². The van der Waals surface area contributed by atoms with E-state index in [-0.39, 0.29) is 16.0 Å². The second-order valence-corrected chi connectivity index (χ2v) is 4.77. The largest absolute Gasteiger partial charge is 0.264 e. The van der Waals surface area contributed by atoms with Gasteiger partial charge < -0.3 is 0 Å². The zero-order valence-corrected chi connectivity index (χ0v) is 9.11. The lowest BCUT2D eigenvalue weighted by Gasteiger charge is -2.11. The van der Waals surface area contributed by atoms with Crippen LogP contribution in [0, 0.1) is 13.8 Å². The molecule has 0 aliphatic carbocycles. The van der Waals surface area contributed by atoms with Gasteiger partial charge in [0.05, 0.1) is 4.90 Å². The van der Waals surface area contributed by atoms with Crippen LogP contribution in [0.1, 0.15) is 23.1 Å². The third-order valence-corrected chi connectivity index (χ3v) is 3.36. The molecule has 0 saturated carbocycles. The van der Waals surface area contributed by atoms with E-state index < -0.39 is 16.4 Å². The molecule has 2 N–H and O–H groups in total. The van der Waals surface area contributed by atoms with Gasteiger partial charge in [0.15, 0.2) is 0 Å². The van der Waals surface area contributed by atoms with E-state index in [1.165, 1.54) is 26.0 Å². The fourth-order valence-corrected chi connectivity index (χ4v) is 2.58. The number of hydrogen-bond donors (Lipinski definition) is 1. The minimum absolute atomic E-state index is 0.0208. The summed E-state index contributed by atoms with van der Waals surface area (Å²) in [5, 5.41) is 4.95. The quantitative estimate of drug-likeness (QED) is 0.850. The van der Waals surface area contributed by atoms with Crippen molar-refractivity contribution < 1.29 is 17.2 Å². The van der Waals surface area contributed by atoms with E-state index in [4.69, 9.17) is 5.14 Å². The van der Waals surface area contributed by atoms with Crippen LogP contribution in [0.3, 0.4) is 0 Å². The number of rotatable bonds is 2. The van der Waals surface area contributed by atoms with Crippen molar-refractivity contribution in [3.63, 3.8) is 0 Å². The van der Waals surface area contributed by atoms with Gasteiger partial charge in [0.25, 0.3) is 6.43 Å². The van der Waals surface area contributed by atoms with E-state index in [2.05, 4.69) is 0 Å². The lowest BCUT2D eigenvalue weighted by Crippen LogP contribution is -2.16. The number of alkyl halides is 2. The molecule has 0 radical (unpaired) electrons. The first-order valence-corrected chi connectivity index (χ1v) is 5.71. The fraction of sp³-hybridized carbons (Fsp3) is 0.333. The fourth-order valence-electron chi connectivity index (χ4n) is 1.52. The highest BCUT2D eigenvalue weighted by Gasteiger charge is 2.20. The second-order valence-electron chi connectivity index (χ2n) is 3.27. The van der Waals surface area contributed by atoms with E-state index in [9.17, 15) is 17.2 Å². The summed E-state index contributed by atoms with van der Waals surface area (Å²) >= 11 is 0. The van der Waals surface area contributed by atoms with Crippen molar-refractivity contribution in [2.75, 3.05) is 0 Å². The summed E-state index contributed by atoms with van der Waals surface area (Å²) in [6.45, 7) is 2.84. The summed E-state index contributed by atoms with van der Waals surface area (Å²) in [7, 11) is -3.95. The van der Waals surface area contributed by atoms with Gasteiger partial charge in [-0.25, -0.2) is 22.3 Å². The van der Waals surface area contributed by atoms with Crippen LogP contribution in [0.15, 0.2) is 17.0 Å². The van der Waals surface area contributed by atoms with Gasteiger partial charge in [-0.05, 0) is 25.0 Å². The summed E-state index contributed by atoms with van der Waals surface area (Å²) in [4.78, 5) is -0.208. The minimum atomic E-state index is -3.95. The number of nitrogens with two attached hydrogens (primary N) is 1. The predicted octanol–water partition coefficient (Wildman–Crippen LogP) is 1.89. The van der Waals surface area contributed by atoms with E-state index in [0.717, 1.165) is 0 Å². The number of sulfonamides is 1. The van der Waals surface area contributed by atoms with Crippen LogP contribution in [0.4, 0.5) is 8.78 Å². The molecule has 15 heavy (non-hydrogen) atoms. The van der Waals surface area contributed by atoms with E-state index in [1.807, 2.05) is 0 Å². The number of primary sulfonamides is 1. The third-order valence-electron chi connectivity index (χ3n) is 2.16. The smallest absolute Gasteiger partial charge is 0.225 e. The van der Waals surface area contributed by atoms with Crippen LogP contribution in [-0.2, 0) is 10.0 Å². The second kappa shape index (κ2) is 3.86. The number of aryl methyl sites for hydroxylation is 1. The highest BCUT2D eigenvalue weighted by Crippen LogP contribution is 2.28. The topological polar surface area (TPSA) is 60.2 Å². The average molecular weight is 235 g/mol. The Hall–Kier alpha value is -1.01. The Kier molecular flexibility index (Phi) is 3.11. The Bertz CT molecular complexity index is 483.